The summed E-state index contributed by atoms with van der Waals surface area (Å²) in [6.45, 7) is 2.10. The topological polar surface area (TPSA) is 62.0 Å². The number of hydrogen-bond acceptors (Lipinski definition) is 5. The molecule has 5 nitrogen and oxygen atoms in total. The number of nitrogens with two attached hydrogens (primary N) is 1. The summed E-state index contributed by atoms with van der Waals surface area (Å²) >= 11 is 0. The molecule has 0 amide bonds. The third kappa shape index (κ3) is 3.74. The summed E-state index contributed by atoms with van der Waals surface area (Å²) in [4.78, 5) is 4.48. The lowest BCUT2D eigenvalue weighted by atomic mass is 10.0. The Labute approximate surface area is 127 Å². The summed E-state index contributed by atoms with van der Waals surface area (Å²) in [5.74, 6) is 0.859. The average molecular weight is 293 g/mol. The number of rotatable bonds is 6. The van der Waals surface area contributed by atoms with Crippen molar-refractivity contribution in [3.05, 3.63) is 29.8 Å². The number of methoxy groups -OCH3 is 1. The number of ether oxygens (including phenoxy) is 1. The van der Waals surface area contributed by atoms with E-state index in [0.29, 0.717) is 19.1 Å². The van der Waals surface area contributed by atoms with E-state index in [2.05, 4.69) is 30.0 Å². The highest BCUT2D eigenvalue weighted by atomic mass is 16.5. The molecule has 1 aliphatic heterocycles. The molecule has 5 heteroatoms. The maximum atomic E-state index is 10.1. The summed E-state index contributed by atoms with van der Waals surface area (Å²) in [6.07, 6.45) is 0.516. The fourth-order valence-corrected chi connectivity index (χ4v) is 3.28. The lowest BCUT2D eigenvalue weighted by molar-refractivity contribution is 0.137. The maximum Gasteiger partial charge on any atom is 0.123 e. The monoisotopic (exact) mass is 293 g/mol. The Hall–Kier alpha value is -1.14. The van der Waals surface area contributed by atoms with Crippen LogP contribution in [-0.4, -0.2) is 67.9 Å². The van der Waals surface area contributed by atoms with Gasteiger partial charge in [-0.3, -0.25) is 4.90 Å². The highest BCUT2D eigenvalue weighted by Crippen LogP contribution is 2.33. The Morgan fingerprint density at radius 2 is 2.14 bits per heavy atom. The number of nitrogens with zero attached hydrogens (tertiary/aromatic N) is 2. The summed E-state index contributed by atoms with van der Waals surface area (Å²) < 4.78 is 5.48. The van der Waals surface area contributed by atoms with Crippen LogP contribution < -0.4 is 10.5 Å². The molecule has 0 radical (unpaired) electrons. The van der Waals surface area contributed by atoms with Crippen molar-refractivity contribution in [3.8, 4) is 5.75 Å². The van der Waals surface area contributed by atoms with Crippen LogP contribution in [0.3, 0.4) is 0 Å². The van der Waals surface area contributed by atoms with Gasteiger partial charge in [0.1, 0.15) is 5.75 Å². The number of aliphatic hydroxyl groups excluding tert-OH is 1. The molecule has 0 aliphatic carbocycles. The predicted octanol–water partition coefficient (Wildman–Crippen LogP) is 0.692. The molecule has 3 atom stereocenters. The number of likely N-dealkylation sites (tertiary alicyclic amines) is 1. The van der Waals surface area contributed by atoms with Gasteiger partial charge in [-0.1, -0.05) is 18.2 Å². The fraction of sp³-hybridized carbons (Fsp3) is 0.625. The molecule has 0 bridgehead atoms. The Kier molecular flexibility index (Phi) is 5.58. The van der Waals surface area contributed by atoms with Crippen LogP contribution in [0, 0.1) is 0 Å². The quantitative estimate of drug-likeness (QED) is 0.808. The van der Waals surface area contributed by atoms with Gasteiger partial charge in [-0.05, 0) is 26.6 Å². The van der Waals surface area contributed by atoms with Crippen molar-refractivity contribution in [1.82, 2.24) is 9.80 Å². The second-order valence-corrected chi connectivity index (χ2v) is 6.00. The van der Waals surface area contributed by atoms with Crippen LogP contribution in [0.25, 0.3) is 0 Å². The molecule has 118 valence electrons. The number of likely N-dealkylation sites (N-methyl/N-ethyl adjacent to an activating group) is 1. The zero-order chi connectivity index (χ0) is 15.4. The van der Waals surface area contributed by atoms with Crippen molar-refractivity contribution in [2.75, 3.05) is 40.8 Å². The SMILES string of the molecule is COc1ccccc1C(CN)N1CC(O)CC1CN(C)C. The summed E-state index contributed by atoms with van der Waals surface area (Å²) in [5, 5.41) is 10.1. The van der Waals surface area contributed by atoms with Crippen LogP contribution in [0.15, 0.2) is 24.3 Å². The van der Waals surface area contributed by atoms with Gasteiger partial charge >= 0.3 is 0 Å². The van der Waals surface area contributed by atoms with Gasteiger partial charge in [-0.25, -0.2) is 0 Å². The minimum Gasteiger partial charge on any atom is -0.496 e. The fourth-order valence-electron chi connectivity index (χ4n) is 3.28. The van der Waals surface area contributed by atoms with E-state index in [1.807, 2.05) is 18.2 Å². The Morgan fingerprint density at radius 3 is 2.76 bits per heavy atom. The zero-order valence-electron chi connectivity index (χ0n) is 13.2. The molecule has 1 saturated heterocycles. The van der Waals surface area contributed by atoms with E-state index in [1.54, 1.807) is 7.11 Å². The number of β-amino-alcohol motifs (C(OH)–C–C–N with tert-alkyl or cyclic N) is 1. The molecule has 2 rings (SSSR count). The van der Waals surface area contributed by atoms with Gasteiger partial charge in [-0.15, -0.1) is 0 Å². The Balaban J connectivity index is 2.26. The smallest absolute Gasteiger partial charge is 0.123 e. The maximum absolute atomic E-state index is 10.1. The molecule has 0 spiro atoms. The second kappa shape index (κ2) is 7.22. The first-order valence-corrected chi connectivity index (χ1v) is 7.48. The minimum atomic E-state index is -0.279. The van der Waals surface area contributed by atoms with E-state index >= 15 is 0 Å². The number of para-hydroxylation sites is 1. The van der Waals surface area contributed by atoms with Crippen LogP contribution in [-0.2, 0) is 0 Å². The molecule has 0 saturated carbocycles. The number of aliphatic hydroxyl groups is 1. The highest BCUT2D eigenvalue weighted by Gasteiger charge is 2.36. The van der Waals surface area contributed by atoms with Crippen molar-refractivity contribution in [2.45, 2.75) is 24.6 Å². The molecule has 1 aromatic carbocycles. The van der Waals surface area contributed by atoms with Crippen LogP contribution >= 0.6 is 0 Å². The van der Waals surface area contributed by atoms with E-state index in [-0.39, 0.29) is 12.1 Å². The number of benzene rings is 1. The Morgan fingerprint density at radius 1 is 1.43 bits per heavy atom. The predicted molar refractivity (Wildman–Crippen MR) is 84.5 cm³/mol. The van der Waals surface area contributed by atoms with Gasteiger partial charge < -0.3 is 20.5 Å². The van der Waals surface area contributed by atoms with Gasteiger partial charge in [0.25, 0.3) is 0 Å². The molecular weight excluding hydrogens is 266 g/mol. The van der Waals surface area contributed by atoms with Crippen molar-refractivity contribution >= 4 is 0 Å². The van der Waals surface area contributed by atoms with Crippen LogP contribution in [0.1, 0.15) is 18.0 Å². The zero-order valence-corrected chi connectivity index (χ0v) is 13.2. The van der Waals surface area contributed by atoms with Gasteiger partial charge in [0, 0.05) is 31.2 Å². The average Bonchev–Trinajstić information content (AvgIpc) is 2.80. The van der Waals surface area contributed by atoms with Crippen molar-refractivity contribution < 1.29 is 9.84 Å². The largest absolute Gasteiger partial charge is 0.496 e. The van der Waals surface area contributed by atoms with E-state index in [9.17, 15) is 5.11 Å². The molecule has 1 aliphatic rings. The van der Waals surface area contributed by atoms with Crippen LogP contribution in [0.5, 0.6) is 5.75 Å². The second-order valence-electron chi connectivity index (χ2n) is 6.00. The third-order valence-corrected chi connectivity index (χ3v) is 4.13. The molecule has 21 heavy (non-hydrogen) atoms. The van der Waals surface area contributed by atoms with Gasteiger partial charge in [-0.2, -0.15) is 0 Å². The molecule has 1 fully saturated rings. The molecule has 1 aromatic rings. The third-order valence-electron chi connectivity index (χ3n) is 4.13. The number of hydrogen-bond donors (Lipinski definition) is 2. The van der Waals surface area contributed by atoms with E-state index in [1.165, 1.54) is 0 Å². The molecule has 3 unspecified atom stereocenters. The van der Waals surface area contributed by atoms with E-state index in [0.717, 1.165) is 24.3 Å². The summed E-state index contributed by atoms with van der Waals surface area (Å²) in [5.41, 5.74) is 7.15. The van der Waals surface area contributed by atoms with E-state index < -0.39 is 0 Å². The first kappa shape index (κ1) is 16.2. The standard InChI is InChI=1S/C16H27N3O2/c1-18(2)10-12-8-13(20)11-19(12)15(9-17)14-6-4-5-7-16(14)21-3/h4-7,12-13,15,20H,8-11,17H2,1-3H3. The molecule has 0 aromatic heterocycles. The van der Waals surface area contributed by atoms with Gasteiger partial charge in [0.05, 0.1) is 19.3 Å². The van der Waals surface area contributed by atoms with E-state index in [4.69, 9.17) is 10.5 Å². The lowest BCUT2D eigenvalue weighted by Gasteiger charge is -2.34. The first-order valence-electron chi connectivity index (χ1n) is 7.48. The minimum absolute atomic E-state index is 0.0725. The first-order chi connectivity index (χ1) is 10.1. The molecule has 1 heterocycles. The summed E-state index contributed by atoms with van der Waals surface area (Å²) in [7, 11) is 5.80. The molecular formula is C16H27N3O2. The Bertz CT molecular complexity index is 453. The van der Waals surface area contributed by atoms with Crippen molar-refractivity contribution in [1.29, 1.82) is 0 Å². The molecule has 3 N–H and O–H groups in total. The lowest BCUT2D eigenvalue weighted by Crippen LogP contribution is -2.42. The van der Waals surface area contributed by atoms with Crippen molar-refractivity contribution in [3.63, 3.8) is 0 Å². The van der Waals surface area contributed by atoms with Crippen molar-refractivity contribution in [2.24, 2.45) is 5.73 Å². The van der Waals surface area contributed by atoms with Gasteiger partial charge in [0.15, 0.2) is 0 Å². The van der Waals surface area contributed by atoms with Crippen LogP contribution in [0.4, 0.5) is 0 Å². The highest BCUT2D eigenvalue weighted by molar-refractivity contribution is 5.36. The normalized spacial score (nSPS) is 24.5. The van der Waals surface area contributed by atoms with Gasteiger partial charge in [0.2, 0.25) is 0 Å². The summed E-state index contributed by atoms with van der Waals surface area (Å²) in [6, 6.07) is 8.39. The van der Waals surface area contributed by atoms with Crippen LogP contribution in [0.2, 0.25) is 0 Å².